The van der Waals surface area contributed by atoms with Gasteiger partial charge in [0.1, 0.15) is 17.9 Å². The molecule has 1 amide bonds. The quantitative estimate of drug-likeness (QED) is 0.935. The van der Waals surface area contributed by atoms with Gasteiger partial charge in [0.25, 0.3) is 0 Å². The molecule has 0 radical (unpaired) electrons. The fraction of sp³-hybridized carbons (Fsp3) is 0.312. The van der Waals surface area contributed by atoms with E-state index in [1.165, 1.54) is 0 Å². The zero-order valence-electron chi connectivity index (χ0n) is 11.6. The van der Waals surface area contributed by atoms with Crippen LogP contribution in [0.1, 0.15) is 23.5 Å². The lowest BCUT2D eigenvalue weighted by Gasteiger charge is -2.33. The van der Waals surface area contributed by atoms with E-state index in [4.69, 9.17) is 14.9 Å². The Hall–Kier alpha value is -2.11. The van der Waals surface area contributed by atoms with Crippen molar-refractivity contribution < 1.29 is 13.9 Å². The zero-order chi connectivity index (χ0) is 14.7. The van der Waals surface area contributed by atoms with Crippen molar-refractivity contribution in [3.8, 4) is 0 Å². The van der Waals surface area contributed by atoms with Crippen LogP contribution in [0.15, 0.2) is 53.1 Å². The molecule has 0 bridgehead atoms. The molecule has 0 unspecified atom stereocenters. The van der Waals surface area contributed by atoms with Crippen LogP contribution in [0.25, 0.3) is 0 Å². The summed E-state index contributed by atoms with van der Waals surface area (Å²) in [6.45, 7) is 1.50. The molecule has 1 aliphatic rings. The first-order chi connectivity index (χ1) is 10.3. The number of hydrogen-bond donors (Lipinski definition) is 1. The van der Waals surface area contributed by atoms with E-state index in [2.05, 4.69) is 0 Å². The Morgan fingerprint density at radius 3 is 2.76 bits per heavy atom. The molecule has 5 heteroatoms. The minimum absolute atomic E-state index is 0.0824. The Bertz CT molecular complexity index is 583. The molecule has 2 atom stereocenters. The van der Waals surface area contributed by atoms with Gasteiger partial charge in [-0.3, -0.25) is 4.79 Å². The summed E-state index contributed by atoms with van der Waals surface area (Å²) < 4.78 is 11.0. The van der Waals surface area contributed by atoms with Crippen molar-refractivity contribution in [3.05, 3.63) is 60.1 Å². The van der Waals surface area contributed by atoms with Gasteiger partial charge in [0.15, 0.2) is 0 Å². The number of rotatable bonds is 3. The molecule has 1 saturated heterocycles. The maximum absolute atomic E-state index is 12.5. The van der Waals surface area contributed by atoms with Gasteiger partial charge in [-0.15, -0.1) is 0 Å². The third-order valence-electron chi connectivity index (χ3n) is 3.66. The highest BCUT2D eigenvalue weighted by Crippen LogP contribution is 2.24. The number of ether oxygens (including phenoxy) is 1. The second-order valence-electron chi connectivity index (χ2n) is 5.05. The highest BCUT2D eigenvalue weighted by molar-refractivity contribution is 5.83. The Balaban J connectivity index is 1.70. The Morgan fingerprint density at radius 1 is 1.24 bits per heavy atom. The first kappa shape index (κ1) is 13.9. The second kappa shape index (κ2) is 6.11. The fourth-order valence-corrected chi connectivity index (χ4v) is 2.50. The van der Waals surface area contributed by atoms with E-state index in [-0.39, 0.29) is 12.0 Å². The number of amides is 1. The average molecular weight is 286 g/mol. The van der Waals surface area contributed by atoms with Crippen LogP contribution >= 0.6 is 0 Å². The number of nitrogens with two attached hydrogens (primary N) is 1. The topological polar surface area (TPSA) is 68.7 Å². The summed E-state index contributed by atoms with van der Waals surface area (Å²) in [6, 6.07) is 12.4. The van der Waals surface area contributed by atoms with Crippen molar-refractivity contribution in [2.24, 2.45) is 5.73 Å². The lowest BCUT2D eigenvalue weighted by Crippen LogP contribution is -2.46. The predicted molar refractivity (Wildman–Crippen MR) is 77.4 cm³/mol. The van der Waals surface area contributed by atoms with E-state index >= 15 is 0 Å². The van der Waals surface area contributed by atoms with Gasteiger partial charge < -0.3 is 19.8 Å². The van der Waals surface area contributed by atoms with Gasteiger partial charge in [-0.2, -0.15) is 0 Å². The van der Waals surface area contributed by atoms with Crippen LogP contribution in [-0.2, 0) is 9.53 Å². The molecule has 2 aromatic rings. The number of morpholine rings is 1. The van der Waals surface area contributed by atoms with E-state index in [0.717, 1.165) is 11.3 Å². The van der Waals surface area contributed by atoms with Crippen LogP contribution in [0.5, 0.6) is 0 Å². The minimum atomic E-state index is -0.637. The van der Waals surface area contributed by atoms with Crippen molar-refractivity contribution in [1.82, 2.24) is 4.90 Å². The molecule has 3 rings (SSSR count). The Morgan fingerprint density at radius 2 is 2.05 bits per heavy atom. The van der Waals surface area contributed by atoms with Crippen LogP contribution in [0.4, 0.5) is 0 Å². The molecule has 21 heavy (non-hydrogen) atoms. The van der Waals surface area contributed by atoms with Crippen molar-refractivity contribution in [3.63, 3.8) is 0 Å². The van der Waals surface area contributed by atoms with Crippen LogP contribution in [0.2, 0.25) is 0 Å². The predicted octanol–water partition coefficient (Wildman–Crippen LogP) is 1.88. The first-order valence-corrected chi connectivity index (χ1v) is 7.00. The maximum atomic E-state index is 12.5. The van der Waals surface area contributed by atoms with Crippen molar-refractivity contribution in [2.75, 3.05) is 19.7 Å². The summed E-state index contributed by atoms with van der Waals surface area (Å²) in [5.41, 5.74) is 6.90. The lowest BCUT2D eigenvalue weighted by atomic mass is 10.1. The summed E-state index contributed by atoms with van der Waals surface area (Å²) in [4.78, 5) is 14.3. The van der Waals surface area contributed by atoms with Gasteiger partial charge in [-0.25, -0.2) is 0 Å². The largest absolute Gasteiger partial charge is 0.467 e. The highest BCUT2D eigenvalue weighted by atomic mass is 16.5. The van der Waals surface area contributed by atoms with E-state index in [1.807, 2.05) is 42.5 Å². The van der Waals surface area contributed by atoms with E-state index in [9.17, 15) is 4.79 Å². The molecule has 0 saturated carbocycles. The summed E-state index contributed by atoms with van der Waals surface area (Å²) in [6.07, 6.45) is 1.38. The van der Waals surface area contributed by atoms with Gasteiger partial charge in [0.05, 0.1) is 19.4 Å². The molecule has 0 spiro atoms. The molecule has 110 valence electrons. The first-order valence-electron chi connectivity index (χ1n) is 7.00. The molecule has 1 aromatic heterocycles. The summed E-state index contributed by atoms with van der Waals surface area (Å²) >= 11 is 0. The molecule has 0 aliphatic carbocycles. The number of benzene rings is 1. The zero-order valence-corrected chi connectivity index (χ0v) is 11.6. The van der Waals surface area contributed by atoms with Crippen LogP contribution < -0.4 is 5.73 Å². The molecule has 1 aliphatic heterocycles. The number of furan rings is 1. The number of carbonyl (C=O) groups is 1. The molecular weight excluding hydrogens is 268 g/mol. The standard InChI is InChI=1S/C16H18N2O3/c17-15(12-5-2-1-3-6-12)16(19)18-8-10-21-14(11-18)13-7-4-9-20-13/h1-7,9,14-15H,8,10-11,17H2/t14-,15+/m0/s1. The minimum Gasteiger partial charge on any atom is -0.467 e. The SMILES string of the molecule is N[C@@H](C(=O)N1CCO[C@H](c2ccco2)C1)c1ccccc1. The number of nitrogens with zero attached hydrogens (tertiary/aromatic N) is 1. The van der Waals surface area contributed by atoms with Crippen molar-refractivity contribution >= 4 is 5.91 Å². The van der Waals surface area contributed by atoms with Gasteiger partial charge in [0.2, 0.25) is 5.91 Å². The third kappa shape index (κ3) is 2.99. The summed E-state index contributed by atoms with van der Waals surface area (Å²) in [5, 5.41) is 0. The van der Waals surface area contributed by atoms with Crippen LogP contribution in [-0.4, -0.2) is 30.5 Å². The smallest absolute Gasteiger partial charge is 0.244 e. The molecule has 1 fully saturated rings. The highest BCUT2D eigenvalue weighted by Gasteiger charge is 2.30. The van der Waals surface area contributed by atoms with Crippen LogP contribution in [0.3, 0.4) is 0 Å². The van der Waals surface area contributed by atoms with E-state index in [0.29, 0.717) is 19.7 Å². The van der Waals surface area contributed by atoms with Gasteiger partial charge >= 0.3 is 0 Å². The van der Waals surface area contributed by atoms with Gasteiger partial charge in [0, 0.05) is 6.54 Å². The average Bonchev–Trinajstić information content (AvgIpc) is 3.09. The monoisotopic (exact) mass is 286 g/mol. The molecule has 2 heterocycles. The normalized spacial score (nSPS) is 20.2. The van der Waals surface area contributed by atoms with Crippen molar-refractivity contribution in [1.29, 1.82) is 0 Å². The second-order valence-corrected chi connectivity index (χ2v) is 5.05. The molecule has 1 aromatic carbocycles. The summed E-state index contributed by atoms with van der Waals surface area (Å²) in [7, 11) is 0. The van der Waals surface area contributed by atoms with Crippen LogP contribution in [0, 0.1) is 0 Å². The number of hydrogen-bond acceptors (Lipinski definition) is 4. The third-order valence-corrected chi connectivity index (χ3v) is 3.66. The molecule has 2 N–H and O–H groups in total. The van der Waals surface area contributed by atoms with E-state index < -0.39 is 6.04 Å². The molecular formula is C16H18N2O3. The Labute approximate surface area is 123 Å². The maximum Gasteiger partial charge on any atom is 0.244 e. The van der Waals surface area contributed by atoms with Gasteiger partial charge in [-0.05, 0) is 17.7 Å². The Kier molecular flexibility index (Phi) is 4.03. The van der Waals surface area contributed by atoms with Gasteiger partial charge in [-0.1, -0.05) is 30.3 Å². The lowest BCUT2D eigenvalue weighted by molar-refractivity contribution is -0.141. The fourth-order valence-electron chi connectivity index (χ4n) is 2.50. The van der Waals surface area contributed by atoms with E-state index in [1.54, 1.807) is 11.2 Å². The molecule has 5 nitrogen and oxygen atoms in total. The summed E-state index contributed by atoms with van der Waals surface area (Å²) in [5.74, 6) is 0.654. The van der Waals surface area contributed by atoms with Crippen molar-refractivity contribution in [2.45, 2.75) is 12.1 Å². The number of carbonyl (C=O) groups excluding carboxylic acids is 1.